The predicted molar refractivity (Wildman–Crippen MR) is 125 cm³/mol. The Bertz CT molecular complexity index is 854. The highest BCUT2D eigenvalue weighted by Crippen LogP contribution is 2.20. The monoisotopic (exact) mass is 444 g/mol. The molecule has 2 atom stereocenters. The van der Waals surface area contributed by atoms with Crippen molar-refractivity contribution in [2.24, 2.45) is 0 Å². The van der Waals surface area contributed by atoms with Gasteiger partial charge in [0.2, 0.25) is 11.8 Å². The van der Waals surface area contributed by atoms with Gasteiger partial charge in [0.25, 0.3) is 0 Å². The summed E-state index contributed by atoms with van der Waals surface area (Å²) in [6, 6.07) is 14.6. The van der Waals surface area contributed by atoms with Gasteiger partial charge in [-0.15, -0.1) is 0 Å². The maximum absolute atomic E-state index is 13.3. The summed E-state index contributed by atoms with van der Waals surface area (Å²) in [7, 11) is 1.62. The molecular weight excluding hydrogens is 412 g/mol. The van der Waals surface area contributed by atoms with E-state index in [-0.39, 0.29) is 24.3 Å². The smallest absolute Gasteiger partial charge is 0.243 e. The minimum atomic E-state index is -0.533. The molecule has 168 valence electrons. The molecule has 2 rings (SSSR count). The third-order valence-corrected chi connectivity index (χ3v) is 5.83. The van der Waals surface area contributed by atoms with Crippen LogP contribution in [-0.4, -0.2) is 35.9 Å². The SMILES string of the molecule is CC[C@H](C(=O)N[C@@H](C)CC)N(Cc1ccc(OC)cc1)C(=O)CCc1ccccc1Cl. The molecule has 0 unspecified atom stereocenters. The topological polar surface area (TPSA) is 58.6 Å². The first kappa shape index (κ1) is 24.7. The van der Waals surface area contributed by atoms with Gasteiger partial charge in [-0.1, -0.05) is 55.8 Å². The molecule has 0 saturated heterocycles. The van der Waals surface area contributed by atoms with Crippen LogP contribution in [-0.2, 0) is 22.6 Å². The fraction of sp³-hybridized carbons (Fsp3) is 0.440. The highest BCUT2D eigenvalue weighted by atomic mass is 35.5. The van der Waals surface area contributed by atoms with Crippen LogP contribution in [0.5, 0.6) is 5.75 Å². The van der Waals surface area contributed by atoms with E-state index in [1.165, 1.54) is 0 Å². The zero-order chi connectivity index (χ0) is 22.8. The summed E-state index contributed by atoms with van der Waals surface area (Å²) in [5.41, 5.74) is 1.88. The molecule has 1 N–H and O–H groups in total. The molecule has 2 aromatic carbocycles. The lowest BCUT2D eigenvalue weighted by atomic mass is 10.1. The number of nitrogens with one attached hydrogen (secondary N) is 1. The van der Waals surface area contributed by atoms with Crippen molar-refractivity contribution in [2.45, 2.75) is 65.1 Å². The van der Waals surface area contributed by atoms with Crippen molar-refractivity contribution >= 4 is 23.4 Å². The molecule has 31 heavy (non-hydrogen) atoms. The van der Waals surface area contributed by atoms with Gasteiger partial charge < -0.3 is 15.0 Å². The second-order valence-corrected chi connectivity index (χ2v) is 8.11. The van der Waals surface area contributed by atoms with E-state index in [1.807, 2.05) is 69.3 Å². The molecule has 2 amide bonds. The van der Waals surface area contributed by atoms with Crippen LogP contribution in [0, 0.1) is 0 Å². The number of aryl methyl sites for hydroxylation is 1. The molecule has 0 saturated carbocycles. The molecule has 0 aliphatic heterocycles. The zero-order valence-corrected chi connectivity index (χ0v) is 19.6. The van der Waals surface area contributed by atoms with Crippen molar-refractivity contribution in [3.8, 4) is 5.75 Å². The summed E-state index contributed by atoms with van der Waals surface area (Å²) in [6.45, 7) is 6.29. The number of methoxy groups -OCH3 is 1. The molecule has 5 nitrogen and oxygen atoms in total. The molecule has 0 heterocycles. The highest BCUT2D eigenvalue weighted by Gasteiger charge is 2.29. The Morgan fingerprint density at radius 1 is 1.06 bits per heavy atom. The van der Waals surface area contributed by atoms with E-state index in [4.69, 9.17) is 16.3 Å². The number of benzene rings is 2. The molecule has 0 spiro atoms. The van der Waals surface area contributed by atoms with Gasteiger partial charge in [0, 0.05) is 24.0 Å². The highest BCUT2D eigenvalue weighted by molar-refractivity contribution is 6.31. The normalized spacial score (nSPS) is 12.7. The largest absolute Gasteiger partial charge is 0.497 e. The second-order valence-electron chi connectivity index (χ2n) is 7.70. The minimum absolute atomic E-state index is 0.0580. The maximum Gasteiger partial charge on any atom is 0.243 e. The Hall–Kier alpha value is -2.53. The minimum Gasteiger partial charge on any atom is -0.497 e. The summed E-state index contributed by atoms with van der Waals surface area (Å²) in [6.07, 6.45) is 2.19. The van der Waals surface area contributed by atoms with E-state index in [2.05, 4.69) is 5.32 Å². The van der Waals surface area contributed by atoms with Gasteiger partial charge in [0.05, 0.1) is 7.11 Å². The third-order valence-electron chi connectivity index (χ3n) is 5.46. The van der Waals surface area contributed by atoms with Crippen molar-refractivity contribution in [1.82, 2.24) is 10.2 Å². The average Bonchev–Trinajstić information content (AvgIpc) is 2.78. The summed E-state index contributed by atoms with van der Waals surface area (Å²) in [5, 5.41) is 3.68. The number of nitrogens with zero attached hydrogens (tertiary/aromatic N) is 1. The average molecular weight is 445 g/mol. The van der Waals surface area contributed by atoms with Gasteiger partial charge in [-0.25, -0.2) is 0 Å². The lowest BCUT2D eigenvalue weighted by Gasteiger charge is -2.31. The number of halogens is 1. The van der Waals surface area contributed by atoms with E-state index in [0.717, 1.165) is 23.3 Å². The van der Waals surface area contributed by atoms with Gasteiger partial charge in [0.15, 0.2) is 0 Å². The fourth-order valence-corrected chi connectivity index (χ4v) is 3.60. The van der Waals surface area contributed by atoms with Crippen molar-refractivity contribution in [1.29, 1.82) is 0 Å². The Kier molecular flexibility index (Phi) is 9.86. The Balaban J connectivity index is 2.22. The van der Waals surface area contributed by atoms with E-state index in [1.54, 1.807) is 12.0 Å². The number of ether oxygens (including phenoxy) is 1. The Morgan fingerprint density at radius 2 is 1.74 bits per heavy atom. The van der Waals surface area contributed by atoms with Crippen LogP contribution in [0.1, 0.15) is 51.2 Å². The van der Waals surface area contributed by atoms with Crippen molar-refractivity contribution < 1.29 is 14.3 Å². The number of rotatable bonds is 11. The van der Waals surface area contributed by atoms with Crippen LogP contribution in [0.4, 0.5) is 0 Å². The second kappa shape index (κ2) is 12.4. The van der Waals surface area contributed by atoms with E-state index in [0.29, 0.717) is 24.4 Å². The third kappa shape index (κ3) is 7.28. The van der Waals surface area contributed by atoms with Gasteiger partial charge in [-0.05, 0) is 55.5 Å². The van der Waals surface area contributed by atoms with Crippen LogP contribution in [0.2, 0.25) is 5.02 Å². The molecule has 0 aromatic heterocycles. The number of carbonyl (C=O) groups is 2. The molecule has 2 aromatic rings. The lowest BCUT2D eigenvalue weighted by molar-refractivity contribution is -0.141. The van der Waals surface area contributed by atoms with Crippen LogP contribution < -0.4 is 10.1 Å². The molecule has 0 radical (unpaired) electrons. The number of hydrogen-bond donors (Lipinski definition) is 1. The van der Waals surface area contributed by atoms with Gasteiger partial charge in [-0.2, -0.15) is 0 Å². The number of carbonyl (C=O) groups excluding carboxylic acids is 2. The van der Waals surface area contributed by atoms with Crippen LogP contribution in [0.25, 0.3) is 0 Å². The maximum atomic E-state index is 13.3. The molecule has 6 heteroatoms. The molecule has 0 bridgehead atoms. The van der Waals surface area contributed by atoms with Gasteiger partial charge in [-0.3, -0.25) is 9.59 Å². The predicted octanol–water partition coefficient (Wildman–Crippen LogP) is 5.00. The first-order valence-corrected chi connectivity index (χ1v) is 11.2. The van der Waals surface area contributed by atoms with Crippen LogP contribution in [0.3, 0.4) is 0 Å². The van der Waals surface area contributed by atoms with Gasteiger partial charge in [0.1, 0.15) is 11.8 Å². The fourth-order valence-electron chi connectivity index (χ4n) is 3.37. The standard InChI is InChI=1S/C25H33ClN2O3/c1-5-18(3)27-25(30)23(6-2)28(17-19-11-14-21(31-4)15-12-19)24(29)16-13-20-9-7-8-10-22(20)26/h7-12,14-15,18,23H,5-6,13,16-17H2,1-4H3,(H,27,30)/t18-,23+/m0/s1. The molecular formula is C25H33ClN2O3. The van der Waals surface area contributed by atoms with Gasteiger partial charge >= 0.3 is 0 Å². The van der Waals surface area contributed by atoms with Crippen LogP contribution >= 0.6 is 11.6 Å². The summed E-state index contributed by atoms with van der Waals surface area (Å²) < 4.78 is 5.23. The molecule has 0 aliphatic rings. The van der Waals surface area contributed by atoms with E-state index >= 15 is 0 Å². The lowest BCUT2D eigenvalue weighted by Crippen LogP contribution is -2.50. The Labute approximate surface area is 190 Å². The van der Waals surface area contributed by atoms with Crippen LogP contribution in [0.15, 0.2) is 48.5 Å². The first-order chi connectivity index (χ1) is 14.9. The summed E-state index contributed by atoms with van der Waals surface area (Å²) >= 11 is 6.26. The van der Waals surface area contributed by atoms with Crippen molar-refractivity contribution in [3.05, 3.63) is 64.7 Å². The quantitative estimate of drug-likeness (QED) is 0.530. The van der Waals surface area contributed by atoms with Crippen molar-refractivity contribution in [3.63, 3.8) is 0 Å². The van der Waals surface area contributed by atoms with E-state index in [9.17, 15) is 9.59 Å². The summed E-state index contributed by atoms with van der Waals surface area (Å²) in [5.74, 6) is 0.570. The zero-order valence-electron chi connectivity index (χ0n) is 18.9. The van der Waals surface area contributed by atoms with E-state index < -0.39 is 6.04 Å². The Morgan fingerprint density at radius 3 is 2.32 bits per heavy atom. The number of amides is 2. The molecule has 0 aliphatic carbocycles. The number of hydrogen-bond acceptors (Lipinski definition) is 3. The molecule has 0 fully saturated rings. The van der Waals surface area contributed by atoms with Crippen molar-refractivity contribution in [2.75, 3.05) is 7.11 Å². The summed E-state index contributed by atoms with van der Waals surface area (Å²) in [4.78, 5) is 27.9. The first-order valence-electron chi connectivity index (χ1n) is 10.9.